The van der Waals surface area contributed by atoms with E-state index < -0.39 is 0 Å². The molecule has 3 aromatic rings. The topological polar surface area (TPSA) is 38.9 Å². The van der Waals surface area contributed by atoms with Gasteiger partial charge < -0.3 is 5.73 Å². The second-order valence-electron chi connectivity index (χ2n) is 4.90. The first-order chi connectivity index (χ1) is 9.72. The number of halogens is 1. The molecular weight excluding hydrogens is 268 g/mol. The monoisotopic (exact) mass is 282 g/mol. The Balaban J connectivity index is 1.86. The molecule has 3 heteroatoms. The minimum atomic E-state index is -0.0782. The Morgan fingerprint density at radius 1 is 1.05 bits per heavy atom. The first-order valence-electron chi connectivity index (χ1n) is 6.57. The SMILES string of the molecule is NC(Cc1cccc(Cl)c1)c1cnc2ccccc2c1. The molecule has 0 radical (unpaired) electrons. The van der Waals surface area contributed by atoms with Crippen molar-refractivity contribution in [1.29, 1.82) is 0 Å². The fraction of sp³-hybridized carbons (Fsp3) is 0.118. The normalized spacial score (nSPS) is 12.5. The molecule has 0 spiro atoms. The third-order valence-corrected chi connectivity index (χ3v) is 3.62. The summed E-state index contributed by atoms with van der Waals surface area (Å²) in [6, 6.07) is 17.9. The number of hydrogen-bond donors (Lipinski definition) is 1. The zero-order chi connectivity index (χ0) is 13.9. The fourth-order valence-corrected chi connectivity index (χ4v) is 2.54. The van der Waals surface area contributed by atoms with Gasteiger partial charge in [-0.05, 0) is 41.8 Å². The molecule has 2 aromatic carbocycles. The average molecular weight is 283 g/mol. The minimum Gasteiger partial charge on any atom is -0.324 e. The lowest BCUT2D eigenvalue weighted by atomic mass is 10.00. The van der Waals surface area contributed by atoms with Gasteiger partial charge in [-0.2, -0.15) is 0 Å². The van der Waals surface area contributed by atoms with Crippen molar-refractivity contribution < 1.29 is 0 Å². The van der Waals surface area contributed by atoms with E-state index in [1.54, 1.807) is 0 Å². The van der Waals surface area contributed by atoms with Gasteiger partial charge >= 0.3 is 0 Å². The van der Waals surface area contributed by atoms with Crippen molar-refractivity contribution >= 4 is 22.5 Å². The molecule has 1 unspecified atom stereocenters. The molecule has 0 saturated heterocycles. The van der Waals surface area contributed by atoms with Crippen LogP contribution in [0.1, 0.15) is 17.2 Å². The van der Waals surface area contributed by atoms with Crippen LogP contribution >= 0.6 is 11.6 Å². The summed E-state index contributed by atoms with van der Waals surface area (Å²) in [6.07, 6.45) is 2.61. The van der Waals surface area contributed by atoms with E-state index in [0.717, 1.165) is 33.5 Å². The van der Waals surface area contributed by atoms with Gasteiger partial charge in [0.15, 0.2) is 0 Å². The number of para-hydroxylation sites is 1. The van der Waals surface area contributed by atoms with Crippen LogP contribution in [0.3, 0.4) is 0 Å². The van der Waals surface area contributed by atoms with Gasteiger partial charge in [0.25, 0.3) is 0 Å². The summed E-state index contributed by atoms with van der Waals surface area (Å²) < 4.78 is 0. The van der Waals surface area contributed by atoms with E-state index in [1.807, 2.05) is 48.7 Å². The number of pyridine rings is 1. The minimum absolute atomic E-state index is 0.0782. The molecule has 1 aromatic heterocycles. The molecule has 3 rings (SSSR count). The quantitative estimate of drug-likeness (QED) is 0.784. The lowest BCUT2D eigenvalue weighted by Crippen LogP contribution is -2.13. The smallest absolute Gasteiger partial charge is 0.0702 e. The zero-order valence-electron chi connectivity index (χ0n) is 11.0. The van der Waals surface area contributed by atoms with Crippen LogP contribution in [0.25, 0.3) is 10.9 Å². The molecule has 20 heavy (non-hydrogen) atoms. The molecule has 0 aliphatic heterocycles. The van der Waals surface area contributed by atoms with Crippen LogP contribution in [0.5, 0.6) is 0 Å². The summed E-state index contributed by atoms with van der Waals surface area (Å²) in [7, 11) is 0. The summed E-state index contributed by atoms with van der Waals surface area (Å²) in [5.74, 6) is 0. The molecule has 1 atom stereocenters. The zero-order valence-corrected chi connectivity index (χ0v) is 11.7. The molecular formula is C17H15ClN2. The largest absolute Gasteiger partial charge is 0.324 e. The van der Waals surface area contributed by atoms with Crippen LogP contribution in [0.4, 0.5) is 0 Å². The molecule has 0 amide bonds. The van der Waals surface area contributed by atoms with Crippen molar-refractivity contribution in [3.63, 3.8) is 0 Å². The van der Waals surface area contributed by atoms with Crippen molar-refractivity contribution in [3.05, 3.63) is 76.9 Å². The molecule has 0 saturated carbocycles. The Morgan fingerprint density at radius 3 is 2.75 bits per heavy atom. The maximum absolute atomic E-state index is 6.29. The first kappa shape index (κ1) is 13.1. The van der Waals surface area contributed by atoms with Crippen LogP contribution in [0.2, 0.25) is 5.02 Å². The lowest BCUT2D eigenvalue weighted by Gasteiger charge is -2.12. The molecule has 100 valence electrons. The summed E-state index contributed by atoms with van der Waals surface area (Å²) in [5.41, 5.74) is 9.46. The van der Waals surface area contributed by atoms with Crippen LogP contribution in [-0.2, 0) is 6.42 Å². The Kier molecular flexibility index (Phi) is 3.68. The number of rotatable bonds is 3. The maximum Gasteiger partial charge on any atom is 0.0702 e. The van der Waals surface area contributed by atoms with Gasteiger partial charge in [-0.25, -0.2) is 0 Å². The van der Waals surface area contributed by atoms with Crippen molar-refractivity contribution in [3.8, 4) is 0 Å². The van der Waals surface area contributed by atoms with Gasteiger partial charge in [0.05, 0.1) is 5.52 Å². The van der Waals surface area contributed by atoms with E-state index in [1.165, 1.54) is 0 Å². The standard InChI is InChI=1S/C17H15ClN2/c18-15-6-3-4-12(8-15)9-16(19)14-10-13-5-1-2-7-17(13)20-11-14/h1-8,10-11,16H,9,19H2. The number of nitrogens with zero attached hydrogens (tertiary/aromatic N) is 1. The number of aromatic nitrogens is 1. The van der Waals surface area contributed by atoms with Gasteiger partial charge in [0, 0.05) is 22.6 Å². The Morgan fingerprint density at radius 2 is 1.90 bits per heavy atom. The maximum atomic E-state index is 6.29. The van der Waals surface area contributed by atoms with Crippen LogP contribution in [-0.4, -0.2) is 4.98 Å². The number of benzene rings is 2. The van der Waals surface area contributed by atoms with E-state index in [9.17, 15) is 0 Å². The molecule has 1 heterocycles. The third-order valence-electron chi connectivity index (χ3n) is 3.38. The molecule has 0 bridgehead atoms. The number of hydrogen-bond acceptors (Lipinski definition) is 2. The second-order valence-corrected chi connectivity index (χ2v) is 5.34. The summed E-state index contributed by atoms with van der Waals surface area (Å²) >= 11 is 6.00. The summed E-state index contributed by atoms with van der Waals surface area (Å²) in [6.45, 7) is 0. The predicted molar refractivity (Wildman–Crippen MR) is 83.8 cm³/mol. The molecule has 2 N–H and O–H groups in total. The first-order valence-corrected chi connectivity index (χ1v) is 6.95. The summed E-state index contributed by atoms with van der Waals surface area (Å²) in [5, 5.41) is 1.86. The Labute approximate surface area is 123 Å². The average Bonchev–Trinajstić information content (AvgIpc) is 2.47. The number of fused-ring (bicyclic) bond motifs is 1. The molecule has 0 fully saturated rings. The van der Waals surface area contributed by atoms with Crippen molar-refractivity contribution in [2.24, 2.45) is 5.73 Å². The van der Waals surface area contributed by atoms with Gasteiger partial charge in [-0.1, -0.05) is 41.9 Å². The molecule has 2 nitrogen and oxygen atoms in total. The van der Waals surface area contributed by atoms with Crippen LogP contribution < -0.4 is 5.73 Å². The highest BCUT2D eigenvalue weighted by Gasteiger charge is 2.09. The van der Waals surface area contributed by atoms with Gasteiger partial charge in [0.1, 0.15) is 0 Å². The highest BCUT2D eigenvalue weighted by atomic mass is 35.5. The third kappa shape index (κ3) is 2.82. The highest BCUT2D eigenvalue weighted by molar-refractivity contribution is 6.30. The van der Waals surface area contributed by atoms with Crippen molar-refractivity contribution in [2.45, 2.75) is 12.5 Å². The Hall–Kier alpha value is -1.90. The number of nitrogens with two attached hydrogens (primary N) is 1. The van der Waals surface area contributed by atoms with Crippen molar-refractivity contribution in [1.82, 2.24) is 4.98 Å². The van der Waals surface area contributed by atoms with E-state index >= 15 is 0 Å². The molecule has 0 aliphatic carbocycles. The van der Waals surface area contributed by atoms with Gasteiger partial charge in [-0.15, -0.1) is 0 Å². The van der Waals surface area contributed by atoms with E-state index in [-0.39, 0.29) is 6.04 Å². The van der Waals surface area contributed by atoms with E-state index in [4.69, 9.17) is 17.3 Å². The van der Waals surface area contributed by atoms with Gasteiger partial charge in [0.2, 0.25) is 0 Å². The predicted octanol–water partition coefficient (Wildman–Crippen LogP) is 4.13. The Bertz CT molecular complexity index is 740. The van der Waals surface area contributed by atoms with Crippen LogP contribution in [0, 0.1) is 0 Å². The van der Waals surface area contributed by atoms with Crippen LogP contribution in [0.15, 0.2) is 60.8 Å². The van der Waals surface area contributed by atoms with E-state index in [0.29, 0.717) is 0 Å². The van der Waals surface area contributed by atoms with Crippen molar-refractivity contribution in [2.75, 3.05) is 0 Å². The second kappa shape index (κ2) is 5.61. The van der Waals surface area contributed by atoms with Gasteiger partial charge in [-0.3, -0.25) is 4.98 Å². The van der Waals surface area contributed by atoms with E-state index in [2.05, 4.69) is 17.1 Å². The summed E-state index contributed by atoms with van der Waals surface area (Å²) in [4.78, 5) is 4.46. The highest BCUT2D eigenvalue weighted by Crippen LogP contribution is 2.21. The lowest BCUT2D eigenvalue weighted by molar-refractivity contribution is 0.720. The fourth-order valence-electron chi connectivity index (χ4n) is 2.33. The molecule has 0 aliphatic rings.